The summed E-state index contributed by atoms with van der Waals surface area (Å²) in [6.07, 6.45) is 1.73. The van der Waals surface area contributed by atoms with Crippen LogP contribution in [-0.4, -0.2) is 9.97 Å². The first-order valence-electron chi connectivity index (χ1n) is 3.33. The van der Waals surface area contributed by atoms with Gasteiger partial charge in [-0.1, -0.05) is 11.6 Å². The molecular weight excluding hydrogens is 239 g/mol. The van der Waals surface area contributed by atoms with Crippen LogP contribution in [0.2, 0.25) is 5.15 Å². The predicted molar refractivity (Wildman–Crippen MR) is 52.2 cm³/mol. The molecule has 2 heterocycles. The number of fused-ring (bicyclic) bond motifs is 1. The molecule has 0 unspecified atom stereocenters. The van der Waals surface area contributed by atoms with Crippen LogP contribution in [0.3, 0.4) is 0 Å². The van der Waals surface area contributed by atoms with E-state index < -0.39 is 0 Å². The van der Waals surface area contributed by atoms with Gasteiger partial charge in [0.25, 0.3) is 0 Å². The summed E-state index contributed by atoms with van der Waals surface area (Å²) in [5.41, 5.74) is 1.65. The summed E-state index contributed by atoms with van der Waals surface area (Å²) in [4.78, 5) is 8.26. The molecule has 2 rings (SSSR count). The third kappa shape index (κ3) is 1.42. The molecule has 2 nitrogen and oxygen atoms in total. The van der Waals surface area contributed by atoms with Gasteiger partial charge in [-0.25, -0.2) is 4.98 Å². The van der Waals surface area contributed by atoms with Gasteiger partial charge in [-0.3, -0.25) is 4.98 Å². The van der Waals surface area contributed by atoms with Crippen molar-refractivity contribution < 1.29 is 0 Å². The van der Waals surface area contributed by atoms with Gasteiger partial charge in [0, 0.05) is 10.7 Å². The lowest BCUT2D eigenvalue weighted by Crippen LogP contribution is -1.82. The largest absolute Gasteiger partial charge is 0.253 e. The smallest absolute Gasteiger partial charge is 0.129 e. The van der Waals surface area contributed by atoms with E-state index in [-0.39, 0.29) is 0 Å². The Labute approximate surface area is 82.7 Å². The first kappa shape index (κ1) is 7.95. The minimum Gasteiger partial charge on any atom is -0.253 e. The molecule has 0 saturated carbocycles. The van der Waals surface area contributed by atoms with E-state index >= 15 is 0 Å². The third-order valence-electron chi connectivity index (χ3n) is 1.47. The van der Waals surface area contributed by atoms with Crippen LogP contribution in [0.15, 0.2) is 28.9 Å². The molecule has 0 radical (unpaired) electrons. The van der Waals surface area contributed by atoms with Gasteiger partial charge in [-0.15, -0.1) is 0 Å². The Hall–Kier alpha value is -0.670. The van der Waals surface area contributed by atoms with E-state index in [4.69, 9.17) is 11.6 Å². The van der Waals surface area contributed by atoms with Gasteiger partial charge in [0.2, 0.25) is 0 Å². The first-order chi connectivity index (χ1) is 5.75. The number of halogens is 2. The van der Waals surface area contributed by atoms with E-state index in [2.05, 4.69) is 25.9 Å². The highest BCUT2D eigenvalue weighted by Crippen LogP contribution is 2.17. The number of nitrogens with zero attached hydrogens (tertiary/aromatic N) is 2. The Balaban J connectivity index is 2.80. The molecule has 60 valence electrons. The molecule has 0 fully saturated rings. The Morgan fingerprint density at radius 1 is 1.25 bits per heavy atom. The molecule has 2 aromatic rings. The Bertz CT molecular complexity index is 394. The highest BCUT2D eigenvalue weighted by atomic mass is 79.9. The summed E-state index contributed by atoms with van der Waals surface area (Å²) in [6, 6.07) is 5.45. The van der Waals surface area contributed by atoms with Crippen LogP contribution in [0, 0.1) is 0 Å². The van der Waals surface area contributed by atoms with E-state index in [0.29, 0.717) is 5.15 Å². The molecule has 4 heteroatoms. The minimum atomic E-state index is 0.488. The van der Waals surface area contributed by atoms with E-state index in [0.717, 1.165) is 15.5 Å². The van der Waals surface area contributed by atoms with Crippen molar-refractivity contribution in [3.8, 4) is 0 Å². The monoisotopic (exact) mass is 242 g/mol. The molecule has 0 atom stereocenters. The first-order valence-corrected chi connectivity index (χ1v) is 4.50. The molecule has 0 aliphatic heterocycles. The van der Waals surface area contributed by atoms with Crippen LogP contribution in [0.4, 0.5) is 0 Å². The topological polar surface area (TPSA) is 25.8 Å². The molecule has 0 N–H and O–H groups in total. The van der Waals surface area contributed by atoms with E-state index in [1.165, 1.54) is 0 Å². The van der Waals surface area contributed by atoms with Crippen LogP contribution in [0.1, 0.15) is 0 Å². The Morgan fingerprint density at radius 3 is 2.92 bits per heavy atom. The van der Waals surface area contributed by atoms with Gasteiger partial charge >= 0.3 is 0 Å². The van der Waals surface area contributed by atoms with Crippen LogP contribution in [0.5, 0.6) is 0 Å². The van der Waals surface area contributed by atoms with Crippen molar-refractivity contribution in [3.63, 3.8) is 0 Å². The maximum absolute atomic E-state index is 5.72. The number of aromatic nitrogens is 2. The molecule has 0 amide bonds. The third-order valence-corrected chi connectivity index (χ3v) is 2.11. The van der Waals surface area contributed by atoms with Gasteiger partial charge in [-0.05, 0) is 34.1 Å². The van der Waals surface area contributed by atoms with Crippen LogP contribution in [0.25, 0.3) is 11.0 Å². The SMILES string of the molecule is Clc1ccc2ncc(Br)cc2n1. The average molecular weight is 243 g/mol. The molecular formula is C8H4BrClN2. The summed E-state index contributed by atoms with van der Waals surface area (Å²) in [5.74, 6) is 0. The summed E-state index contributed by atoms with van der Waals surface area (Å²) < 4.78 is 0.907. The van der Waals surface area contributed by atoms with Gasteiger partial charge in [0.15, 0.2) is 0 Å². The summed E-state index contributed by atoms with van der Waals surface area (Å²) >= 11 is 9.03. The maximum atomic E-state index is 5.72. The van der Waals surface area contributed by atoms with Gasteiger partial charge in [0.05, 0.1) is 11.0 Å². The second-order valence-electron chi connectivity index (χ2n) is 2.33. The molecule has 0 bridgehead atoms. The van der Waals surface area contributed by atoms with Gasteiger partial charge < -0.3 is 0 Å². The normalized spacial score (nSPS) is 10.5. The molecule has 2 aromatic heterocycles. The fourth-order valence-electron chi connectivity index (χ4n) is 0.957. The highest BCUT2D eigenvalue weighted by molar-refractivity contribution is 9.10. The lowest BCUT2D eigenvalue weighted by atomic mass is 10.3. The molecule has 0 spiro atoms. The zero-order valence-electron chi connectivity index (χ0n) is 5.96. The van der Waals surface area contributed by atoms with Crippen molar-refractivity contribution in [1.82, 2.24) is 9.97 Å². The standard InChI is InChI=1S/C8H4BrClN2/c9-5-3-7-6(11-4-5)1-2-8(10)12-7/h1-4H. The van der Waals surface area contributed by atoms with Crippen molar-refractivity contribution in [2.45, 2.75) is 0 Å². The second-order valence-corrected chi connectivity index (χ2v) is 3.63. The molecule has 12 heavy (non-hydrogen) atoms. The number of hydrogen-bond acceptors (Lipinski definition) is 2. The quantitative estimate of drug-likeness (QED) is 0.665. The molecule has 0 aliphatic carbocycles. The average Bonchev–Trinajstić information content (AvgIpc) is 2.03. The zero-order valence-corrected chi connectivity index (χ0v) is 8.30. The fourth-order valence-corrected chi connectivity index (χ4v) is 1.43. The summed E-state index contributed by atoms with van der Waals surface area (Å²) in [5, 5.41) is 0.488. The van der Waals surface area contributed by atoms with Crippen molar-refractivity contribution in [2.24, 2.45) is 0 Å². The zero-order chi connectivity index (χ0) is 8.55. The van der Waals surface area contributed by atoms with Crippen LogP contribution < -0.4 is 0 Å². The highest BCUT2D eigenvalue weighted by Gasteiger charge is 1.97. The number of hydrogen-bond donors (Lipinski definition) is 0. The van der Waals surface area contributed by atoms with Crippen LogP contribution >= 0.6 is 27.5 Å². The lowest BCUT2D eigenvalue weighted by Gasteiger charge is -1.96. The lowest BCUT2D eigenvalue weighted by molar-refractivity contribution is 1.32. The predicted octanol–water partition coefficient (Wildman–Crippen LogP) is 3.05. The van der Waals surface area contributed by atoms with Crippen LogP contribution in [-0.2, 0) is 0 Å². The number of pyridine rings is 2. The van der Waals surface area contributed by atoms with Crippen molar-refractivity contribution in [1.29, 1.82) is 0 Å². The number of rotatable bonds is 0. The summed E-state index contributed by atoms with van der Waals surface area (Å²) in [7, 11) is 0. The Morgan fingerprint density at radius 2 is 2.08 bits per heavy atom. The maximum Gasteiger partial charge on any atom is 0.129 e. The second kappa shape index (κ2) is 2.99. The van der Waals surface area contributed by atoms with Crippen molar-refractivity contribution >= 4 is 38.6 Å². The summed E-state index contributed by atoms with van der Waals surface area (Å²) in [6.45, 7) is 0. The Kier molecular flexibility index (Phi) is 1.98. The molecule has 0 saturated heterocycles. The minimum absolute atomic E-state index is 0.488. The van der Waals surface area contributed by atoms with E-state index in [9.17, 15) is 0 Å². The van der Waals surface area contributed by atoms with E-state index in [1.807, 2.05) is 12.1 Å². The van der Waals surface area contributed by atoms with Crippen molar-refractivity contribution in [3.05, 3.63) is 34.0 Å². The van der Waals surface area contributed by atoms with E-state index in [1.54, 1.807) is 12.3 Å². The fraction of sp³-hybridized carbons (Fsp3) is 0. The van der Waals surface area contributed by atoms with Crippen molar-refractivity contribution in [2.75, 3.05) is 0 Å². The van der Waals surface area contributed by atoms with Gasteiger partial charge in [0.1, 0.15) is 5.15 Å². The molecule has 0 aliphatic rings. The van der Waals surface area contributed by atoms with Gasteiger partial charge in [-0.2, -0.15) is 0 Å². The molecule has 0 aromatic carbocycles.